The number of aromatic nitrogens is 2. The van der Waals surface area contributed by atoms with Gasteiger partial charge in [0.15, 0.2) is 11.5 Å². The van der Waals surface area contributed by atoms with Crippen molar-refractivity contribution in [1.82, 2.24) is 9.97 Å². The maximum atomic E-state index is 9.59. The number of benzene rings is 2. The second kappa shape index (κ2) is 7.63. The summed E-state index contributed by atoms with van der Waals surface area (Å²) >= 11 is 3.52. The van der Waals surface area contributed by atoms with Crippen LogP contribution < -0.4 is 9.47 Å². The van der Waals surface area contributed by atoms with Gasteiger partial charge in [0, 0.05) is 0 Å². The minimum absolute atomic E-state index is 0.0202. The molecule has 0 spiro atoms. The van der Waals surface area contributed by atoms with Gasteiger partial charge in [-0.2, -0.15) is 5.26 Å². The molecule has 1 aromatic heterocycles. The van der Waals surface area contributed by atoms with Gasteiger partial charge in [0.25, 0.3) is 0 Å². The number of nitriles is 1. The first kappa shape index (κ1) is 18.0. The number of para-hydroxylation sites is 2. The lowest BCUT2D eigenvalue weighted by atomic mass is 10.1. The molecule has 0 saturated heterocycles. The minimum atomic E-state index is 0.0202. The Bertz CT molecular complexity index is 983. The Kier molecular flexibility index (Phi) is 5.29. The van der Waals surface area contributed by atoms with Crippen molar-refractivity contribution < 1.29 is 9.47 Å². The first-order valence-electron chi connectivity index (χ1n) is 8.13. The molecule has 26 heavy (non-hydrogen) atoms. The Morgan fingerprint density at radius 3 is 2.73 bits per heavy atom. The molecule has 6 heteroatoms. The van der Waals surface area contributed by atoms with Crippen molar-refractivity contribution in [1.29, 1.82) is 5.26 Å². The quantitative estimate of drug-likeness (QED) is 0.586. The van der Waals surface area contributed by atoms with Crippen LogP contribution in [0.15, 0.2) is 40.9 Å². The molecule has 3 rings (SSSR count). The number of methoxy groups -OCH3 is 1. The highest BCUT2D eigenvalue weighted by Gasteiger charge is 2.14. The Hall–Kier alpha value is -2.78. The van der Waals surface area contributed by atoms with Gasteiger partial charge in [-0.1, -0.05) is 12.1 Å². The van der Waals surface area contributed by atoms with Gasteiger partial charge in [0.05, 0.1) is 34.3 Å². The molecular formula is C20H18BrN3O2. The van der Waals surface area contributed by atoms with Gasteiger partial charge in [-0.05, 0) is 65.7 Å². The smallest absolute Gasteiger partial charge is 0.175 e. The van der Waals surface area contributed by atoms with Gasteiger partial charge in [-0.25, -0.2) is 4.98 Å². The van der Waals surface area contributed by atoms with Crippen LogP contribution in [0.25, 0.3) is 22.7 Å². The Labute approximate surface area is 160 Å². The van der Waals surface area contributed by atoms with Crippen LogP contribution in [-0.4, -0.2) is 23.2 Å². The van der Waals surface area contributed by atoms with E-state index in [0.717, 1.165) is 21.1 Å². The summed E-state index contributed by atoms with van der Waals surface area (Å²) in [4.78, 5) is 7.67. The molecule has 132 valence electrons. The average Bonchev–Trinajstić information content (AvgIpc) is 3.05. The molecule has 0 aliphatic carbocycles. The third kappa shape index (κ3) is 3.73. The van der Waals surface area contributed by atoms with Crippen LogP contribution in [0.2, 0.25) is 0 Å². The highest BCUT2D eigenvalue weighted by Crippen LogP contribution is 2.38. The average molecular weight is 412 g/mol. The number of hydrogen-bond acceptors (Lipinski definition) is 4. The van der Waals surface area contributed by atoms with Gasteiger partial charge < -0.3 is 14.5 Å². The summed E-state index contributed by atoms with van der Waals surface area (Å²) in [5.74, 6) is 1.77. The van der Waals surface area contributed by atoms with E-state index in [1.54, 1.807) is 13.2 Å². The Balaban J connectivity index is 2.04. The van der Waals surface area contributed by atoms with E-state index >= 15 is 0 Å². The van der Waals surface area contributed by atoms with Crippen molar-refractivity contribution in [3.05, 3.63) is 52.3 Å². The number of imidazole rings is 1. The predicted molar refractivity (Wildman–Crippen MR) is 106 cm³/mol. The summed E-state index contributed by atoms with van der Waals surface area (Å²) in [5, 5.41) is 9.59. The maximum Gasteiger partial charge on any atom is 0.175 e. The van der Waals surface area contributed by atoms with Gasteiger partial charge in [-0.15, -0.1) is 0 Å². The molecule has 0 radical (unpaired) electrons. The van der Waals surface area contributed by atoms with Gasteiger partial charge in [0.1, 0.15) is 11.9 Å². The number of nitrogens with one attached hydrogen (secondary N) is 1. The topological polar surface area (TPSA) is 70.9 Å². The van der Waals surface area contributed by atoms with E-state index in [1.807, 2.05) is 50.2 Å². The minimum Gasteiger partial charge on any atom is -0.493 e. The van der Waals surface area contributed by atoms with Crippen molar-refractivity contribution in [2.24, 2.45) is 0 Å². The van der Waals surface area contributed by atoms with E-state index in [-0.39, 0.29) is 6.10 Å². The fourth-order valence-electron chi connectivity index (χ4n) is 2.57. The van der Waals surface area contributed by atoms with Crippen molar-refractivity contribution in [3.63, 3.8) is 0 Å². The molecule has 0 amide bonds. The molecule has 1 N–H and O–H groups in total. The van der Waals surface area contributed by atoms with Crippen molar-refractivity contribution >= 4 is 38.6 Å². The number of allylic oxidation sites excluding steroid dienone is 1. The van der Waals surface area contributed by atoms with E-state index in [4.69, 9.17) is 9.47 Å². The monoisotopic (exact) mass is 411 g/mol. The van der Waals surface area contributed by atoms with Crippen LogP contribution in [0.1, 0.15) is 25.2 Å². The lowest BCUT2D eigenvalue weighted by Crippen LogP contribution is -2.07. The van der Waals surface area contributed by atoms with Crippen molar-refractivity contribution in [2.45, 2.75) is 20.0 Å². The van der Waals surface area contributed by atoms with Crippen molar-refractivity contribution in [3.8, 4) is 17.6 Å². The summed E-state index contributed by atoms with van der Waals surface area (Å²) in [7, 11) is 1.59. The molecule has 0 bridgehead atoms. The third-order valence-electron chi connectivity index (χ3n) is 3.68. The number of ether oxygens (including phenoxy) is 2. The lowest BCUT2D eigenvalue weighted by Gasteiger charge is -2.16. The van der Waals surface area contributed by atoms with Gasteiger partial charge in [0.2, 0.25) is 0 Å². The highest BCUT2D eigenvalue weighted by atomic mass is 79.9. The highest BCUT2D eigenvalue weighted by molar-refractivity contribution is 9.10. The number of fused-ring (bicyclic) bond motifs is 1. The van der Waals surface area contributed by atoms with E-state index in [2.05, 4.69) is 32.0 Å². The summed E-state index contributed by atoms with van der Waals surface area (Å²) in [6.07, 6.45) is 1.79. The lowest BCUT2D eigenvalue weighted by molar-refractivity contribution is 0.228. The summed E-state index contributed by atoms with van der Waals surface area (Å²) in [6, 6.07) is 13.6. The number of nitrogens with zero attached hydrogens (tertiary/aromatic N) is 2. The molecule has 0 fully saturated rings. The summed E-state index contributed by atoms with van der Waals surface area (Å²) in [5.41, 5.74) is 2.96. The molecule has 5 nitrogen and oxygen atoms in total. The standard InChI is InChI=1S/C20H18BrN3O2/c1-12(2)26-19-15(21)9-13(10-18(19)25-3)8-14(11-22)20-23-16-6-4-5-7-17(16)24-20/h4-10,12H,1-3H3,(H,23,24)/b14-8+. The van der Waals surface area contributed by atoms with Gasteiger partial charge in [-0.3, -0.25) is 0 Å². The molecule has 0 unspecified atom stereocenters. The largest absolute Gasteiger partial charge is 0.493 e. The van der Waals surface area contributed by atoms with Crippen LogP contribution in [-0.2, 0) is 0 Å². The normalized spacial score (nSPS) is 11.6. The van der Waals surface area contributed by atoms with E-state index < -0.39 is 0 Å². The molecule has 0 saturated carbocycles. The van der Waals surface area contributed by atoms with Crippen LogP contribution in [0.3, 0.4) is 0 Å². The fourth-order valence-corrected chi connectivity index (χ4v) is 3.13. The molecule has 0 aliphatic heterocycles. The molecule has 0 atom stereocenters. The van der Waals surface area contributed by atoms with Crippen LogP contribution in [0.5, 0.6) is 11.5 Å². The Morgan fingerprint density at radius 1 is 1.31 bits per heavy atom. The number of halogens is 1. The SMILES string of the molecule is COc1cc(/C=C(\C#N)c2nc3ccccc3[nH]2)cc(Br)c1OC(C)C. The number of aromatic amines is 1. The Morgan fingerprint density at radius 2 is 2.08 bits per heavy atom. The van der Waals surface area contributed by atoms with Gasteiger partial charge >= 0.3 is 0 Å². The van der Waals surface area contributed by atoms with E-state index in [9.17, 15) is 5.26 Å². The molecule has 0 aliphatic rings. The van der Waals surface area contributed by atoms with Crippen LogP contribution in [0.4, 0.5) is 0 Å². The zero-order valence-electron chi connectivity index (χ0n) is 14.7. The number of H-pyrrole nitrogens is 1. The zero-order chi connectivity index (χ0) is 18.7. The maximum absolute atomic E-state index is 9.59. The predicted octanol–water partition coefficient (Wildman–Crippen LogP) is 5.19. The number of hydrogen-bond donors (Lipinski definition) is 1. The molecule has 1 heterocycles. The molecule has 2 aromatic carbocycles. The van der Waals surface area contributed by atoms with E-state index in [0.29, 0.717) is 22.9 Å². The van der Waals surface area contributed by atoms with Crippen LogP contribution in [0, 0.1) is 11.3 Å². The van der Waals surface area contributed by atoms with Crippen LogP contribution >= 0.6 is 15.9 Å². The summed E-state index contributed by atoms with van der Waals surface area (Å²) < 4.78 is 12.0. The van der Waals surface area contributed by atoms with E-state index in [1.165, 1.54) is 0 Å². The first-order chi connectivity index (χ1) is 12.5. The van der Waals surface area contributed by atoms with Crippen molar-refractivity contribution in [2.75, 3.05) is 7.11 Å². The molecule has 3 aromatic rings. The second-order valence-electron chi connectivity index (χ2n) is 5.97. The number of rotatable bonds is 5. The third-order valence-corrected chi connectivity index (χ3v) is 4.27. The molecular weight excluding hydrogens is 394 g/mol. The summed E-state index contributed by atoms with van der Waals surface area (Å²) in [6.45, 7) is 3.91. The first-order valence-corrected chi connectivity index (χ1v) is 8.92. The fraction of sp³-hybridized carbons (Fsp3) is 0.200. The second-order valence-corrected chi connectivity index (χ2v) is 6.83. The zero-order valence-corrected chi connectivity index (χ0v) is 16.3.